The van der Waals surface area contributed by atoms with E-state index in [1.807, 2.05) is 65.1 Å². The molecule has 15 atom stereocenters. The number of Topliss-reactive ketones (excluding diaryl/α,β-unsaturated/α-hetero) is 3. The number of ketones is 3. The van der Waals surface area contributed by atoms with Crippen molar-refractivity contribution in [2.24, 2.45) is 35.5 Å². The van der Waals surface area contributed by atoms with Gasteiger partial charge in [-0.25, -0.2) is 9.59 Å². The van der Waals surface area contributed by atoms with Gasteiger partial charge in [0.25, 0.3) is 11.7 Å². The Bertz CT molecular complexity index is 2050. The molecule has 1 unspecified atom stereocenters. The van der Waals surface area contributed by atoms with E-state index in [1.165, 1.54) is 12.0 Å². The molecule has 3 saturated heterocycles. The highest BCUT2D eigenvalue weighted by Crippen LogP contribution is 2.38. The summed E-state index contributed by atoms with van der Waals surface area (Å²) in [5, 5.41) is 23.6. The van der Waals surface area contributed by atoms with Gasteiger partial charge in [0.1, 0.15) is 36.2 Å². The van der Waals surface area contributed by atoms with Gasteiger partial charge in [-0.2, -0.15) is 0 Å². The first-order valence-corrected chi connectivity index (χ1v) is 27.2. The summed E-state index contributed by atoms with van der Waals surface area (Å²) in [6, 6.07) is -1.17. The minimum Gasteiger partial charge on any atom is -0.460 e. The molecule has 0 aromatic heterocycles. The molecule has 4 fully saturated rings. The molecule has 1 aliphatic carbocycles. The number of hydrogen-bond donors (Lipinski definition) is 2. The van der Waals surface area contributed by atoms with E-state index in [2.05, 4.69) is 4.90 Å². The molecule has 4 aliphatic heterocycles. The molecule has 0 spiro atoms. The average Bonchev–Trinajstić information content (AvgIpc) is 3.38. The standard InChI is InChI=1S/C57H89N3O14/c1-35-17-13-12-14-18-36(2)47(69-9)33-43-22-20-41(7)57(68,74-43)53(64)54(65)60-24-16-15-19-44(60)55(66)72-48(34-45(61)37(3)30-40(6)51(63)52(71-11)50(62)39(5)29-35)38(4)31-42-21-23-46(49(32-42)70-10)73-56(67)59-27-25-58(8)26-28-59/h12-14,17-18,30,35,37-39,41-44,46-49,51-52,63,68H,15-16,19-29,31-34H2,1-11H3/b14-12+,17-13-,36-18+,40-30+/t35-,37-,38-,39-,41-,42?,43+,44+,46+,47+,48+,49+,51-,52+,57-/m1/s1. The van der Waals surface area contributed by atoms with Crippen LogP contribution in [0.5, 0.6) is 0 Å². The van der Waals surface area contributed by atoms with Crippen LogP contribution in [0, 0.1) is 35.5 Å². The zero-order valence-corrected chi connectivity index (χ0v) is 46.2. The van der Waals surface area contributed by atoms with Crippen LogP contribution in [0.3, 0.4) is 0 Å². The molecule has 5 aliphatic rings. The van der Waals surface area contributed by atoms with Crippen molar-refractivity contribution in [1.82, 2.24) is 14.7 Å². The van der Waals surface area contributed by atoms with Gasteiger partial charge in [0.15, 0.2) is 5.78 Å². The third kappa shape index (κ3) is 16.0. The van der Waals surface area contributed by atoms with Crippen LogP contribution < -0.4 is 0 Å². The largest absolute Gasteiger partial charge is 0.460 e. The van der Waals surface area contributed by atoms with Crippen molar-refractivity contribution in [2.45, 2.75) is 180 Å². The summed E-state index contributed by atoms with van der Waals surface area (Å²) < 4.78 is 35.9. The number of ether oxygens (including phenoxy) is 6. The van der Waals surface area contributed by atoms with E-state index < -0.39 is 83.9 Å². The molecular formula is C57H89N3O14. The molecule has 0 aromatic rings. The molecule has 0 radical (unpaired) electrons. The Kier molecular flexibility index (Phi) is 23.3. The molecule has 0 aromatic carbocycles. The maximum absolute atomic E-state index is 14.6. The predicted molar refractivity (Wildman–Crippen MR) is 278 cm³/mol. The number of allylic oxidation sites excluding steroid dienone is 6. The van der Waals surface area contributed by atoms with Crippen molar-refractivity contribution in [1.29, 1.82) is 0 Å². The highest BCUT2D eigenvalue weighted by atomic mass is 16.6. The summed E-state index contributed by atoms with van der Waals surface area (Å²) >= 11 is 0. The van der Waals surface area contributed by atoms with Gasteiger partial charge in [0.2, 0.25) is 5.79 Å². The lowest BCUT2D eigenvalue weighted by Crippen LogP contribution is -2.61. The number of piperidine rings is 1. The predicted octanol–water partition coefficient (Wildman–Crippen LogP) is 6.57. The fourth-order valence-electron chi connectivity index (χ4n) is 11.4. The quantitative estimate of drug-likeness (QED) is 0.157. The number of hydrogen-bond acceptors (Lipinski definition) is 15. The molecule has 2 amide bonds. The molecular weight excluding hydrogens is 951 g/mol. The molecule has 2 N–H and O–H groups in total. The van der Waals surface area contributed by atoms with E-state index in [0.717, 1.165) is 18.7 Å². The number of rotatable bonds is 7. The van der Waals surface area contributed by atoms with Gasteiger partial charge >= 0.3 is 12.1 Å². The fourth-order valence-corrected chi connectivity index (χ4v) is 11.4. The summed E-state index contributed by atoms with van der Waals surface area (Å²) in [4.78, 5) is 89.7. The Morgan fingerprint density at radius 1 is 0.824 bits per heavy atom. The minimum absolute atomic E-state index is 0.00750. The number of cyclic esters (lactones) is 1. The molecule has 416 valence electrons. The number of methoxy groups -OCH3 is 3. The smallest absolute Gasteiger partial charge is 0.410 e. The third-order valence-electron chi connectivity index (χ3n) is 16.5. The molecule has 17 nitrogen and oxygen atoms in total. The Morgan fingerprint density at radius 2 is 1.54 bits per heavy atom. The number of aliphatic hydroxyl groups excluding tert-OH is 1. The Hall–Kier alpha value is -4.10. The van der Waals surface area contributed by atoms with Gasteiger partial charge in [-0.3, -0.25) is 19.2 Å². The van der Waals surface area contributed by atoms with Gasteiger partial charge in [-0.15, -0.1) is 0 Å². The molecule has 1 saturated carbocycles. The van der Waals surface area contributed by atoms with Gasteiger partial charge in [0.05, 0.1) is 18.3 Å². The monoisotopic (exact) mass is 1040 g/mol. The Labute approximate surface area is 440 Å². The summed E-state index contributed by atoms with van der Waals surface area (Å²) in [5.41, 5.74) is 1.25. The lowest BCUT2D eigenvalue weighted by Gasteiger charge is -2.42. The van der Waals surface area contributed by atoms with Crippen LogP contribution in [0.1, 0.15) is 126 Å². The van der Waals surface area contributed by atoms with E-state index in [9.17, 15) is 39.0 Å². The maximum atomic E-state index is 14.6. The van der Waals surface area contributed by atoms with Gasteiger partial charge in [-0.05, 0) is 114 Å². The van der Waals surface area contributed by atoms with E-state index >= 15 is 0 Å². The minimum atomic E-state index is -2.45. The van der Waals surface area contributed by atoms with Crippen LogP contribution in [0.2, 0.25) is 0 Å². The van der Waals surface area contributed by atoms with E-state index in [-0.39, 0.29) is 60.9 Å². The SMILES string of the molecule is CO[C@H]1C[C@@H]2CC[C@@H](C)[C@@](O)(O2)C(=O)C(=O)N2CCCC[C@H]2C(=O)O[C@H]([C@H](C)CC2CC[C@H](OC(=O)N3CCN(C)CC3)[C@@H](OC)C2)CC(=O)[C@H](C)/C=C(\C)[C@@H](O)[C@@H](OC)C(=O)[C@H](C)C[C@H](C)\C=C/C=C/C=C/1C. The molecule has 2 bridgehead atoms. The molecule has 4 heterocycles. The first-order chi connectivity index (χ1) is 35.1. The number of aliphatic hydroxyl groups is 2. The van der Waals surface area contributed by atoms with Gasteiger partial charge in [0, 0.05) is 84.6 Å². The van der Waals surface area contributed by atoms with Crippen LogP contribution in [-0.2, 0) is 52.4 Å². The average molecular weight is 1040 g/mol. The van der Waals surface area contributed by atoms with Crippen molar-refractivity contribution >= 4 is 35.3 Å². The van der Waals surface area contributed by atoms with Crippen LogP contribution in [0.4, 0.5) is 4.79 Å². The second kappa shape index (κ2) is 28.3. The number of fused-ring (bicyclic) bond motifs is 3. The van der Waals surface area contributed by atoms with Crippen LogP contribution in [0.25, 0.3) is 0 Å². The van der Waals surface area contributed by atoms with Crippen LogP contribution in [-0.4, -0.2) is 176 Å². The van der Waals surface area contributed by atoms with Gasteiger partial charge < -0.3 is 53.3 Å². The molecule has 17 heteroatoms. The number of amides is 2. The van der Waals surface area contributed by atoms with Crippen molar-refractivity contribution < 1.29 is 67.4 Å². The highest BCUT2D eigenvalue weighted by Gasteiger charge is 2.53. The number of carbonyl (C=O) groups excluding carboxylic acids is 6. The van der Waals surface area contributed by atoms with Crippen molar-refractivity contribution in [2.75, 3.05) is 61.1 Å². The van der Waals surface area contributed by atoms with Crippen molar-refractivity contribution in [3.8, 4) is 0 Å². The lowest BCUT2D eigenvalue weighted by atomic mass is 9.78. The summed E-state index contributed by atoms with van der Waals surface area (Å²) in [7, 11) is 6.58. The lowest BCUT2D eigenvalue weighted by molar-refractivity contribution is -0.265. The van der Waals surface area contributed by atoms with Crippen molar-refractivity contribution in [3.05, 3.63) is 47.6 Å². The second-order valence-electron chi connectivity index (χ2n) is 22.2. The Balaban J connectivity index is 1.43. The Morgan fingerprint density at radius 3 is 2.22 bits per heavy atom. The maximum Gasteiger partial charge on any atom is 0.410 e. The highest BCUT2D eigenvalue weighted by molar-refractivity contribution is 6.39. The van der Waals surface area contributed by atoms with Crippen LogP contribution in [0.15, 0.2) is 47.6 Å². The second-order valence-corrected chi connectivity index (χ2v) is 22.2. The number of likely N-dealkylation sites (N-methyl/N-ethyl adjacent to an activating group) is 1. The molecule has 74 heavy (non-hydrogen) atoms. The number of piperazine rings is 1. The number of nitrogens with zero attached hydrogens (tertiary/aromatic N) is 3. The fraction of sp³-hybridized carbons (Fsp3) is 0.754. The van der Waals surface area contributed by atoms with E-state index in [1.54, 1.807) is 46.0 Å². The summed E-state index contributed by atoms with van der Waals surface area (Å²) in [6.45, 7) is 15.4. The first-order valence-electron chi connectivity index (χ1n) is 27.2. The third-order valence-corrected chi connectivity index (χ3v) is 16.5. The first kappa shape index (κ1) is 60.8. The van der Waals surface area contributed by atoms with Crippen LogP contribution >= 0.6 is 0 Å². The van der Waals surface area contributed by atoms with Gasteiger partial charge in [-0.1, -0.05) is 71.1 Å². The zero-order chi connectivity index (χ0) is 54.4. The van der Waals surface area contributed by atoms with E-state index in [4.69, 9.17) is 28.4 Å². The van der Waals surface area contributed by atoms with Crippen molar-refractivity contribution in [3.63, 3.8) is 0 Å². The zero-order valence-electron chi connectivity index (χ0n) is 46.2. The number of carbonyl (C=O) groups is 6. The topological polar surface area (TPSA) is 208 Å². The normalized spacial score (nSPS) is 38.4. The summed E-state index contributed by atoms with van der Waals surface area (Å²) in [5.74, 6) is -8.21. The summed E-state index contributed by atoms with van der Waals surface area (Å²) in [6.07, 6.45) is 10.7. The molecule has 5 rings (SSSR count). The number of esters is 1. The van der Waals surface area contributed by atoms with E-state index in [0.29, 0.717) is 82.9 Å².